The van der Waals surface area contributed by atoms with Crippen molar-refractivity contribution in [1.29, 1.82) is 0 Å². The average Bonchev–Trinajstić information content (AvgIpc) is 2.77. The van der Waals surface area contributed by atoms with E-state index in [-0.39, 0.29) is 5.78 Å². The van der Waals surface area contributed by atoms with Gasteiger partial charge in [0.05, 0.1) is 5.02 Å². The summed E-state index contributed by atoms with van der Waals surface area (Å²) in [5.74, 6) is -0.0388. The van der Waals surface area contributed by atoms with Crippen molar-refractivity contribution in [3.63, 3.8) is 0 Å². The summed E-state index contributed by atoms with van der Waals surface area (Å²) in [5.41, 5.74) is 0.416. The third-order valence-electron chi connectivity index (χ3n) is 1.66. The number of halogens is 1. The summed E-state index contributed by atoms with van der Waals surface area (Å²) in [6.45, 7) is 0. The minimum atomic E-state index is -0.0388. The van der Waals surface area contributed by atoms with Crippen LogP contribution in [-0.4, -0.2) is 15.4 Å². The number of hydrogen-bond donors (Lipinski definition) is 0. The second kappa shape index (κ2) is 4.16. The highest BCUT2D eigenvalue weighted by atomic mass is 35.5. The second-order valence-corrected chi connectivity index (χ2v) is 4.60. The van der Waals surface area contributed by atoms with Crippen LogP contribution >= 0.6 is 34.5 Å². The molecule has 0 aliphatic carbocycles. The molecule has 0 aliphatic rings. The largest absolute Gasteiger partial charge is 0.292 e. The highest BCUT2D eigenvalue weighted by Crippen LogP contribution is 2.23. The first-order valence-electron chi connectivity index (χ1n) is 3.79. The zero-order valence-corrected chi connectivity index (χ0v) is 9.33. The van der Waals surface area contributed by atoms with Gasteiger partial charge in [-0.3, -0.25) is 4.79 Å². The molecule has 3 nitrogen and oxygen atoms in total. The van der Waals surface area contributed by atoms with Gasteiger partial charge in [-0.25, -0.2) is 0 Å². The number of nitrogens with zero attached hydrogens (tertiary/aromatic N) is 2. The first-order valence-corrected chi connectivity index (χ1v) is 5.89. The summed E-state index contributed by atoms with van der Waals surface area (Å²) in [4.78, 5) is 12.5. The molecule has 0 bridgehead atoms. The van der Waals surface area contributed by atoms with Gasteiger partial charge in [0.25, 0.3) is 0 Å². The van der Waals surface area contributed by atoms with Crippen molar-refractivity contribution >= 4 is 40.3 Å². The third kappa shape index (κ3) is 2.00. The maximum Gasteiger partial charge on any atom is 0.189 e. The second-order valence-electron chi connectivity index (χ2n) is 2.58. The first-order chi connectivity index (χ1) is 6.77. The first kappa shape index (κ1) is 9.76. The maximum atomic E-state index is 11.6. The monoisotopic (exact) mass is 244 g/mol. The van der Waals surface area contributed by atoms with Crippen LogP contribution in [0, 0.1) is 0 Å². The number of ketones is 1. The number of carbonyl (C=O) groups is 1. The van der Waals surface area contributed by atoms with Crippen LogP contribution in [-0.2, 0) is 6.42 Å². The van der Waals surface area contributed by atoms with Crippen LogP contribution in [0.15, 0.2) is 16.8 Å². The molecule has 0 saturated heterocycles. The summed E-state index contributed by atoms with van der Waals surface area (Å²) in [5, 5.41) is 7.86. The van der Waals surface area contributed by atoms with Crippen molar-refractivity contribution in [2.75, 3.05) is 0 Å². The average molecular weight is 245 g/mol. The molecule has 0 aromatic carbocycles. The molecule has 2 aromatic heterocycles. The normalized spacial score (nSPS) is 10.4. The molecule has 0 fully saturated rings. The summed E-state index contributed by atoms with van der Waals surface area (Å²) < 4.78 is 3.64. The van der Waals surface area contributed by atoms with Gasteiger partial charge in [-0.15, -0.1) is 16.4 Å². The Kier molecular flexibility index (Phi) is 2.90. The van der Waals surface area contributed by atoms with Gasteiger partial charge < -0.3 is 0 Å². The van der Waals surface area contributed by atoms with Crippen molar-refractivity contribution in [2.45, 2.75) is 6.42 Å². The fourth-order valence-corrected chi connectivity index (χ4v) is 2.54. The third-order valence-corrected chi connectivity index (χ3v) is 3.55. The molecule has 0 spiro atoms. The minimum absolute atomic E-state index is 0.0388. The van der Waals surface area contributed by atoms with Crippen molar-refractivity contribution < 1.29 is 4.79 Å². The Morgan fingerprint density at radius 3 is 3.00 bits per heavy atom. The molecule has 2 rings (SSSR count). The van der Waals surface area contributed by atoms with E-state index >= 15 is 0 Å². The molecule has 6 heteroatoms. The zero-order valence-electron chi connectivity index (χ0n) is 6.94. The van der Waals surface area contributed by atoms with Crippen LogP contribution in [0.4, 0.5) is 0 Å². The summed E-state index contributed by atoms with van der Waals surface area (Å²) >= 11 is 8.52. The van der Waals surface area contributed by atoms with E-state index in [4.69, 9.17) is 11.6 Å². The van der Waals surface area contributed by atoms with Gasteiger partial charge >= 0.3 is 0 Å². The van der Waals surface area contributed by atoms with Crippen molar-refractivity contribution in [3.05, 3.63) is 32.4 Å². The van der Waals surface area contributed by atoms with Crippen LogP contribution < -0.4 is 0 Å². The van der Waals surface area contributed by atoms with Gasteiger partial charge in [-0.1, -0.05) is 16.1 Å². The Balaban J connectivity index is 2.13. The van der Waals surface area contributed by atoms with Crippen molar-refractivity contribution in [2.24, 2.45) is 0 Å². The number of rotatable bonds is 3. The Hall–Kier alpha value is -0.780. The van der Waals surface area contributed by atoms with Crippen molar-refractivity contribution in [3.8, 4) is 0 Å². The van der Waals surface area contributed by atoms with Gasteiger partial charge in [0.2, 0.25) is 0 Å². The van der Waals surface area contributed by atoms with E-state index in [2.05, 4.69) is 9.59 Å². The quantitative estimate of drug-likeness (QED) is 0.780. The molecule has 0 aliphatic heterocycles. The van der Waals surface area contributed by atoms with E-state index in [1.54, 1.807) is 11.4 Å². The lowest BCUT2D eigenvalue weighted by atomic mass is 10.2. The predicted octanol–water partition coefficient (Wildman–Crippen LogP) is 2.68. The van der Waals surface area contributed by atoms with E-state index in [1.807, 2.05) is 5.38 Å². The Labute approximate surface area is 93.5 Å². The van der Waals surface area contributed by atoms with Crippen molar-refractivity contribution in [1.82, 2.24) is 9.59 Å². The maximum absolute atomic E-state index is 11.6. The highest BCUT2D eigenvalue weighted by molar-refractivity contribution is 7.10. The number of thiophene rings is 1. The fourth-order valence-electron chi connectivity index (χ4n) is 0.974. The predicted molar refractivity (Wildman–Crippen MR) is 57.3 cm³/mol. The summed E-state index contributed by atoms with van der Waals surface area (Å²) in [6, 6.07) is 1.79. The molecule has 0 saturated carbocycles. The molecular formula is C8H5ClN2OS2. The number of carbonyl (C=O) groups excluding carboxylic acids is 1. The van der Waals surface area contributed by atoms with Crippen LogP contribution in [0.1, 0.15) is 15.4 Å². The fraction of sp³-hybridized carbons (Fsp3) is 0.125. The lowest BCUT2D eigenvalue weighted by Gasteiger charge is -1.94. The molecule has 0 amide bonds. The molecule has 0 N–H and O–H groups in total. The molecule has 0 atom stereocenters. The molecule has 2 aromatic rings. The molecule has 72 valence electrons. The Morgan fingerprint density at radius 2 is 2.43 bits per heavy atom. The molecule has 2 heterocycles. The van der Waals surface area contributed by atoms with E-state index in [0.717, 1.165) is 4.88 Å². The minimum Gasteiger partial charge on any atom is -0.292 e. The van der Waals surface area contributed by atoms with Gasteiger partial charge in [-0.05, 0) is 23.0 Å². The standard InChI is InChI=1S/C8H5ClN2OS2/c9-5-1-2-13-8(5)3-7(12)6-4-14-11-10-6/h1-2,4H,3H2. The Bertz CT molecular complexity index is 438. The summed E-state index contributed by atoms with van der Waals surface area (Å²) in [7, 11) is 0. The lowest BCUT2D eigenvalue weighted by Crippen LogP contribution is -2.02. The van der Waals surface area contributed by atoms with E-state index < -0.39 is 0 Å². The van der Waals surface area contributed by atoms with Gasteiger partial charge in [-0.2, -0.15) is 0 Å². The molecular weight excluding hydrogens is 240 g/mol. The topological polar surface area (TPSA) is 42.9 Å². The SMILES string of the molecule is O=C(Cc1sccc1Cl)c1csnn1. The zero-order chi connectivity index (χ0) is 9.97. The smallest absolute Gasteiger partial charge is 0.189 e. The lowest BCUT2D eigenvalue weighted by molar-refractivity contribution is 0.0989. The van der Waals surface area contributed by atoms with E-state index in [0.29, 0.717) is 17.1 Å². The molecule has 14 heavy (non-hydrogen) atoms. The van der Waals surface area contributed by atoms with Crippen LogP contribution in [0.5, 0.6) is 0 Å². The van der Waals surface area contributed by atoms with Crippen LogP contribution in [0.25, 0.3) is 0 Å². The van der Waals surface area contributed by atoms with Crippen LogP contribution in [0.2, 0.25) is 5.02 Å². The Morgan fingerprint density at radius 1 is 1.57 bits per heavy atom. The highest BCUT2D eigenvalue weighted by Gasteiger charge is 2.12. The number of Topliss-reactive ketones (excluding diaryl/α,β-unsaturated/α-hetero) is 1. The van der Waals surface area contributed by atoms with Crippen LogP contribution in [0.3, 0.4) is 0 Å². The van der Waals surface area contributed by atoms with Gasteiger partial charge in [0.15, 0.2) is 5.78 Å². The molecule has 0 radical (unpaired) electrons. The molecule has 0 unspecified atom stereocenters. The number of aromatic nitrogens is 2. The number of hydrogen-bond acceptors (Lipinski definition) is 5. The van der Waals surface area contributed by atoms with E-state index in [1.165, 1.54) is 22.9 Å². The van der Waals surface area contributed by atoms with E-state index in [9.17, 15) is 4.79 Å². The summed E-state index contributed by atoms with van der Waals surface area (Å²) in [6.07, 6.45) is 0.307. The van der Waals surface area contributed by atoms with Gasteiger partial charge in [0, 0.05) is 16.7 Å². The van der Waals surface area contributed by atoms with Gasteiger partial charge in [0.1, 0.15) is 5.69 Å².